The molecule has 0 aliphatic carbocycles. The Morgan fingerprint density at radius 2 is 1.81 bits per heavy atom. The minimum atomic E-state index is -0.308. The van der Waals surface area contributed by atoms with Gasteiger partial charge >= 0.3 is 7.12 Å². The lowest BCUT2D eigenvalue weighted by Gasteiger charge is -2.32. The Bertz CT molecular complexity index is 298. The van der Waals surface area contributed by atoms with Gasteiger partial charge in [-0.25, -0.2) is 0 Å². The molecule has 90 valence electrons. The van der Waals surface area contributed by atoms with Crippen LogP contribution in [0.5, 0.6) is 0 Å². The summed E-state index contributed by atoms with van der Waals surface area (Å²) in [5.41, 5.74) is 0.492. The minimum Gasteiger partial charge on any atom is -0.401 e. The maximum atomic E-state index is 5.92. The lowest BCUT2D eigenvalue weighted by Crippen LogP contribution is -2.41. The highest BCUT2D eigenvalue weighted by Gasteiger charge is 2.55. The average molecular weight is 225 g/mol. The summed E-state index contributed by atoms with van der Waals surface area (Å²) in [6.07, 6.45) is 1.74. The van der Waals surface area contributed by atoms with Crippen LogP contribution in [0.1, 0.15) is 47.5 Å². The molecule has 1 saturated heterocycles. The quantitative estimate of drug-likeness (QED) is 0.676. The van der Waals surface area contributed by atoms with Crippen molar-refractivity contribution in [2.45, 2.75) is 64.7 Å². The van der Waals surface area contributed by atoms with E-state index in [1.54, 1.807) is 0 Å². The van der Waals surface area contributed by atoms with Crippen molar-refractivity contribution in [2.24, 2.45) is 5.16 Å². The molecule has 0 spiro atoms. The highest BCUT2D eigenvalue weighted by molar-refractivity contribution is 6.47. The Balaban J connectivity index is 2.00. The number of rotatable bonds is 2. The van der Waals surface area contributed by atoms with Gasteiger partial charge in [-0.2, -0.15) is 0 Å². The fourth-order valence-electron chi connectivity index (χ4n) is 1.84. The number of oxime groups is 1. The minimum absolute atomic E-state index is 0.0870. The first-order chi connectivity index (χ1) is 7.36. The molecule has 2 rings (SSSR count). The third-order valence-corrected chi connectivity index (χ3v) is 3.74. The third kappa shape index (κ3) is 1.86. The largest absolute Gasteiger partial charge is 0.505 e. The van der Waals surface area contributed by atoms with Crippen molar-refractivity contribution < 1.29 is 14.1 Å². The molecule has 0 saturated carbocycles. The molecule has 0 aromatic carbocycles. The van der Waals surface area contributed by atoms with Crippen LogP contribution in [0.3, 0.4) is 0 Å². The van der Waals surface area contributed by atoms with Crippen LogP contribution in [-0.2, 0) is 14.1 Å². The van der Waals surface area contributed by atoms with Crippen molar-refractivity contribution in [1.82, 2.24) is 0 Å². The van der Waals surface area contributed by atoms with E-state index < -0.39 is 0 Å². The van der Waals surface area contributed by atoms with Gasteiger partial charge in [0.2, 0.25) is 0 Å². The topological polar surface area (TPSA) is 40.0 Å². The lowest BCUT2D eigenvalue weighted by molar-refractivity contribution is 0.00578. The van der Waals surface area contributed by atoms with Gasteiger partial charge in [-0.1, -0.05) is 12.1 Å². The second-order valence-corrected chi connectivity index (χ2v) is 5.48. The van der Waals surface area contributed by atoms with Crippen LogP contribution < -0.4 is 0 Å². The van der Waals surface area contributed by atoms with Crippen LogP contribution in [0.15, 0.2) is 5.16 Å². The SMILES string of the molecule is CCC1=NOC(B2OC(C)(C)C(C)(C)O2)C1. The zero-order valence-electron chi connectivity index (χ0n) is 10.7. The predicted octanol–water partition coefficient (Wildman–Crippen LogP) is 2.17. The Kier molecular flexibility index (Phi) is 2.79. The normalized spacial score (nSPS) is 31.4. The van der Waals surface area contributed by atoms with E-state index in [4.69, 9.17) is 14.1 Å². The highest BCUT2D eigenvalue weighted by Crippen LogP contribution is 2.39. The van der Waals surface area contributed by atoms with Gasteiger partial charge in [0.1, 0.15) is 0 Å². The van der Waals surface area contributed by atoms with Gasteiger partial charge < -0.3 is 14.1 Å². The first-order valence-corrected chi connectivity index (χ1v) is 5.93. The predicted molar refractivity (Wildman–Crippen MR) is 63.3 cm³/mol. The van der Waals surface area contributed by atoms with Crippen LogP contribution in [0.2, 0.25) is 0 Å². The molecule has 2 heterocycles. The monoisotopic (exact) mass is 225 g/mol. The van der Waals surface area contributed by atoms with E-state index in [0.29, 0.717) is 0 Å². The fourth-order valence-corrected chi connectivity index (χ4v) is 1.84. The van der Waals surface area contributed by atoms with Crippen LogP contribution in [-0.4, -0.2) is 30.0 Å². The molecule has 1 unspecified atom stereocenters. The molecular formula is C11H20BNO3. The summed E-state index contributed by atoms with van der Waals surface area (Å²) in [5, 5.41) is 4.03. The standard InChI is InChI=1S/C11H20BNO3/c1-6-8-7-9(14-13-8)12-15-10(2,3)11(4,5)16-12/h9H,6-7H2,1-5H3. The Morgan fingerprint density at radius 3 is 2.25 bits per heavy atom. The molecule has 0 N–H and O–H groups in total. The van der Waals surface area contributed by atoms with Crippen LogP contribution in [0.4, 0.5) is 0 Å². The molecule has 1 atom stereocenters. The first-order valence-electron chi connectivity index (χ1n) is 5.93. The van der Waals surface area contributed by atoms with Crippen molar-refractivity contribution in [2.75, 3.05) is 0 Å². The lowest BCUT2D eigenvalue weighted by atomic mass is 9.78. The molecule has 0 amide bonds. The van der Waals surface area contributed by atoms with Crippen molar-refractivity contribution in [1.29, 1.82) is 0 Å². The van der Waals surface area contributed by atoms with E-state index >= 15 is 0 Å². The van der Waals surface area contributed by atoms with Gasteiger partial charge in [0, 0.05) is 6.42 Å². The first kappa shape index (κ1) is 11.9. The van der Waals surface area contributed by atoms with Crippen LogP contribution in [0.25, 0.3) is 0 Å². The fraction of sp³-hybridized carbons (Fsp3) is 0.909. The van der Waals surface area contributed by atoms with Crippen molar-refractivity contribution in [3.63, 3.8) is 0 Å². The van der Waals surface area contributed by atoms with Gasteiger partial charge in [-0.15, -0.1) is 0 Å². The highest BCUT2D eigenvalue weighted by atomic mass is 16.7. The van der Waals surface area contributed by atoms with Gasteiger partial charge in [-0.05, 0) is 34.1 Å². The van der Waals surface area contributed by atoms with E-state index in [2.05, 4.69) is 12.1 Å². The van der Waals surface area contributed by atoms with Gasteiger partial charge in [0.15, 0.2) is 6.00 Å². The Labute approximate surface area is 97.5 Å². The van der Waals surface area contributed by atoms with E-state index in [9.17, 15) is 0 Å². The second-order valence-electron chi connectivity index (χ2n) is 5.48. The molecular weight excluding hydrogens is 205 g/mol. The summed E-state index contributed by atoms with van der Waals surface area (Å²) in [6.45, 7) is 10.3. The van der Waals surface area contributed by atoms with Crippen molar-refractivity contribution >= 4 is 12.8 Å². The van der Waals surface area contributed by atoms with E-state index in [0.717, 1.165) is 18.6 Å². The van der Waals surface area contributed by atoms with Gasteiger partial charge in [0.25, 0.3) is 0 Å². The summed E-state index contributed by atoms with van der Waals surface area (Å²) in [5.74, 6) is 0. The molecule has 0 bridgehead atoms. The maximum absolute atomic E-state index is 5.92. The van der Waals surface area contributed by atoms with Crippen molar-refractivity contribution in [3.8, 4) is 0 Å². The van der Waals surface area contributed by atoms with E-state index in [1.807, 2.05) is 27.7 Å². The number of hydrogen-bond donors (Lipinski definition) is 0. The maximum Gasteiger partial charge on any atom is 0.505 e. The molecule has 5 heteroatoms. The average Bonchev–Trinajstić information content (AvgIpc) is 2.70. The second kappa shape index (κ2) is 3.74. The van der Waals surface area contributed by atoms with Crippen molar-refractivity contribution in [3.05, 3.63) is 0 Å². The summed E-state index contributed by atoms with van der Waals surface area (Å²) in [6, 6.07) is -0.0870. The summed E-state index contributed by atoms with van der Waals surface area (Å²) < 4.78 is 11.8. The molecule has 0 aromatic rings. The van der Waals surface area contributed by atoms with Gasteiger partial charge in [-0.3, -0.25) is 0 Å². The molecule has 4 nitrogen and oxygen atoms in total. The molecule has 16 heavy (non-hydrogen) atoms. The molecule has 0 radical (unpaired) electrons. The van der Waals surface area contributed by atoms with E-state index in [-0.39, 0.29) is 24.3 Å². The molecule has 2 aliphatic heterocycles. The number of nitrogens with zero attached hydrogens (tertiary/aromatic N) is 1. The molecule has 1 fully saturated rings. The summed E-state index contributed by atoms with van der Waals surface area (Å²) >= 11 is 0. The van der Waals surface area contributed by atoms with Gasteiger partial charge in [0.05, 0.1) is 16.9 Å². The van der Waals surface area contributed by atoms with E-state index in [1.165, 1.54) is 0 Å². The third-order valence-electron chi connectivity index (χ3n) is 3.74. The zero-order chi connectivity index (χ0) is 12.0. The van der Waals surface area contributed by atoms with Crippen LogP contribution >= 0.6 is 0 Å². The Hall–Kier alpha value is -0.545. The smallest absolute Gasteiger partial charge is 0.401 e. The zero-order valence-corrected chi connectivity index (χ0v) is 10.7. The number of hydrogen-bond acceptors (Lipinski definition) is 4. The Morgan fingerprint density at radius 1 is 1.25 bits per heavy atom. The molecule has 2 aliphatic rings. The molecule has 0 aromatic heterocycles. The summed E-state index contributed by atoms with van der Waals surface area (Å²) in [4.78, 5) is 5.36. The van der Waals surface area contributed by atoms with Crippen LogP contribution in [0, 0.1) is 0 Å². The summed E-state index contributed by atoms with van der Waals surface area (Å²) in [7, 11) is -0.308.